The number of imide groups is 1. The lowest BCUT2D eigenvalue weighted by Crippen LogP contribution is -2.52. The first-order chi connectivity index (χ1) is 24.7. The fraction of sp³-hybridized carbons (Fsp3) is 0.441. The van der Waals surface area contributed by atoms with E-state index in [0.717, 1.165) is 11.1 Å². The molecule has 4 aliphatic heterocycles. The monoisotopic (exact) mass is 702 g/mol. The van der Waals surface area contributed by atoms with Crippen LogP contribution in [0.2, 0.25) is 0 Å². The number of rotatable bonds is 8. The summed E-state index contributed by atoms with van der Waals surface area (Å²) in [4.78, 5) is 61.3. The van der Waals surface area contributed by atoms with Crippen molar-refractivity contribution in [3.63, 3.8) is 0 Å². The zero-order chi connectivity index (χ0) is 35.2. The molecule has 4 aliphatic rings. The quantitative estimate of drug-likeness (QED) is 0.262. The van der Waals surface area contributed by atoms with E-state index in [1.54, 1.807) is 17.2 Å². The van der Waals surface area contributed by atoms with Gasteiger partial charge in [-0.05, 0) is 42.5 Å². The van der Waals surface area contributed by atoms with Gasteiger partial charge in [-0.1, -0.05) is 12.1 Å². The lowest BCUT2D eigenvalue weighted by atomic mass is 10.0. The van der Waals surface area contributed by atoms with Crippen LogP contribution in [-0.4, -0.2) is 103 Å². The Balaban J connectivity index is 0.927. The van der Waals surface area contributed by atoms with Gasteiger partial charge in [0.2, 0.25) is 11.8 Å². The summed E-state index contributed by atoms with van der Waals surface area (Å²) in [6.07, 6.45) is 3.40. The number of anilines is 2. The molecule has 7 heterocycles. The maximum absolute atomic E-state index is 14.2. The van der Waals surface area contributed by atoms with Gasteiger partial charge in [-0.15, -0.1) is 0 Å². The summed E-state index contributed by atoms with van der Waals surface area (Å²) in [6.45, 7) is 4.66. The summed E-state index contributed by atoms with van der Waals surface area (Å²) in [5.74, 6) is -0.930. The fourth-order valence-electron chi connectivity index (χ4n) is 7.41. The summed E-state index contributed by atoms with van der Waals surface area (Å²) in [5.41, 5.74) is 2.32. The zero-order valence-corrected chi connectivity index (χ0v) is 27.6. The van der Waals surface area contributed by atoms with E-state index in [-0.39, 0.29) is 35.5 Å². The summed E-state index contributed by atoms with van der Waals surface area (Å²) in [7, 11) is 0. The number of hydrogen-bond acceptors (Lipinski definition) is 10. The van der Waals surface area contributed by atoms with Gasteiger partial charge < -0.3 is 19.9 Å². The molecule has 3 aromatic heterocycles. The summed E-state index contributed by atoms with van der Waals surface area (Å²) in [6, 6.07) is 6.55. The lowest BCUT2D eigenvalue weighted by Gasteiger charge is -2.32. The minimum Gasteiger partial charge on any atom is -0.378 e. The average Bonchev–Trinajstić information content (AvgIpc) is 3.85. The molecule has 4 aromatic rings. The normalized spacial score (nSPS) is 20.4. The highest BCUT2D eigenvalue weighted by atomic mass is 19.3. The van der Waals surface area contributed by atoms with E-state index in [2.05, 4.69) is 30.7 Å². The van der Waals surface area contributed by atoms with Crippen molar-refractivity contribution in [1.82, 2.24) is 39.5 Å². The van der Waals surface area contributed by atoms with Crippen LogP contribution in [0.25, 0.3) is 5.65 Å². The number of piperidine rings is 2. The Labute approximate surface area is 290 Å². The molecular formula is C34H36F2N10O5. The van der Waals surface area contributed by atoms with Crippen LogP contribution in [0.4, 0.5) is 20.3 Å². The SMILES string of the molecule is O=C1CCC(N2Cc3c(CN4CCC(n5cc(NC(=O)c6cnn7ccc(N8CCOCC8)nc67)c(C(F)F)n5)CC4)cccc3C2=O)C(=O)N1. The number of nitrogens with one attached hydrogen (secondary N) is 2. The van der Waals surface area contributed by atoms with Gasteiger partial charge in [0.25, 0.3) is 18.2 Å². The van der Waals surface area contributed by atoms with Gasteiger partial charge in [-0.25, -0.2) is 18.3 Å². The topological polar surface area (TPSA) is 159 Å². The molecule has 4 amide bonds. The highest BCUT2D eigenvalue weighted by Gasteiger charge is 2.40. The molecule has 266 valence electrons. The van der Waals surface area contributed by atoms with Crippen LogP contribution in [0.5, 0.6) is 0 Å². The van der Waals surface area contributed by atoms with Crippen molar-refractivity contribution in [2.45, 2.75) is 57.3 Å². The predicted octanol–water partition coefficient (Wildman–Crippen LogP) is 2.55. The molecule has 3 saturated heterocycles. The Bertz CT molecular complexity index is 2020. The van der Waals surface area contributed by atoms with Crippen molar-refractivity contribution in [1.29, 1.82) is 0 Å². The fourth-order valence-corrected chi connectivity index (χ4v) is 7.41. The van der Waals surface area contributed by atoms with E-state index in [1.165, 1.54) is 21.6 Å². The zero-order valence-electron chi connectivity index (χ0n) is 27.6. The van der Waals surface area contributed by atoms with Crippen molar-refractivity contribution < 1.29 is 32.7 Å². The van der Waals surface area contributed by atoms with E-state index in [1.807, 2.05) is 23.1 Å². The van der Waals surface area contributed by atoms with Gasteiger partial charge in [-0.2, -0.15) is 10.2 Å². The van der Waals surface area contributed by atoms with Gasteiger partial charge in [0.15, 0.2) is 11.3 Å². The maximum atomic E-state index is 14.2. The Morgan fingerprint density at radius 2 is 1.86 bits per heavy atom. The van der Waals surface area contributed by atoms with E-state index in [9.17, 15) is 28.0 Å². The molecule has 0 bridgehead atoms. The lowest BCUT2D eigenvalue weighted by molar-refractivity contribution is -0.136. The van der Waals surface area contributed by atoms with Gasteiger partial charge in [-0.3, -0.25) is 34.1 Å². The number of amides is 4. The number of aromatic nitrogens is 5. The first-order valence-electron chi connectivity index (χ1n) is 17.1. The molecule has 2 N–H and O–H groups in total. The standard InChI is InChI=1S/C34H36F2N10O5/c35-30(36)29-25(38-32(48)23-16-37-45-11-8-27(39-31(23)45)43-12-14-51-15-13-43)19-46(41-29)21-6-9-42(10-7-21)17-20-2-1-3-22-24(20)18-44(34(22)50)26-4-5-28(47)40-33(26)49/h1-3,8,11,16,19,21,26,30H,4-7,9-10,12-15,17-18H2,(H,38,48)(H,40,47,49). The second-order valence-corrected chi connectivity index (χ2v) is 13.2. The van der Waals surface area contributed by atoms with Gasteiger partial charge in [0, 0.05) is 63.6 Å². The number of likely N-dealkylation sites (tertiary alicyclic amines) is 1. The Hall–Kier alpha value is -5.29. The number of nitrogens with zero attached hydrogens (tertiary/aromatic N) is 8. The first-order valence-corrected chi connectivity index (χ1v) is 17.1. The Kier molecular flexibility index (Phi) is 8.67. The van der Waals surface area contributed by atoms with Gasteiger partial charge in [0.1, 0.15) is 17.4 Å². The molecule has 0 aliphatic carbocycles. The molecule has 0 spiro atoms. The third-order valence-corrected chi connectivity index (χ3v) is 10.2. The third-order valence-electron chi connectivity index (χ3n) is 10.2. The Morgan fingerprint density at radius 1 is 1.06 bits per heavy atom. The average molecular weight is 703 g/mol. The molecule has 1 aromatic carbocycles. The summed E-state index contributed by atoms with van der Waals surface area (Å²) >= 11 is 0. The molecule has 51 heavy (non-hydrogen) atoms. The molecule has 3 fully saturated rings. The molecule has 1 atom stereocenters. The first kappa shape index (κ1) is 32.9. The van der Waals surface area contributed by atoms with Crippen molar-refractivity contribution in [3.05, 3.63) is 70.8 Å². The van der Waals surface area contributed by atoms with Crippen LogP contribution in [0.3, 0.4) is 0 Å². The van der Waals surface area contributed by atoms with Crippen molar-refractivity contribution in [3.8, 4) is 0 Å². The smallest absolute Gasteiger partial charge is 0.284 e. The number of ether oxygens (including phenoxy) is 1. The van der Waals surface area contributed by atoms with E-state index >= 15 is 0 Å². The van der Waals surface area contributed by atoms with E-state index < -0.39 is 30.0 Å². The molecule has 8 rings (SSSR count). The van der Waals surface area contributed by atoms with Crippen LogP contribution in [0.15, 0.2) is 42.9 Å². The molecule has 0 radical (unpaired) electrons. The molecular weight excluding hydrogens is 666 g/mol. The van der Waals surface area contributed by atoms with Crippen molar-refractivity contribution >= 4 is 40.8 Å². The minimum atomic E-state index is -2.90. The van der Waals surface area contributed by atoms with Crippen LogP contribution in [-0.2, 0) is 27.4 Å². The second kappa shape index (κ2) is 13.4. The molecule has 1 unspecified atom stereocenters. The predicted molar refractivity (Wildman–Crippen MR) is 177 cm³/mol. The molecule has 17 heteroatoms. The van der Waals surface area contributed by atoms with Crippen LogP contribution >= 0.6 is 0 Å². The van der Waals surface area contributed by atoms with Crippen LogP contribution < -0.4 is 15.5 Å². The third kappa shape index (κ3) is 6.31. The van der Waals surface area contributed by atoms with Gasteiger partial charge >= 0.3 is 0 Å². The minimum absolute atomic E-state index is 0.0637. The van der Waals surface area contributed by atoms with Crippen molar-refractivity contribution in [2.24, 2.45) is 0 Å². The number of benzene rings is 1. The number of morpholine rings is 1. The summed E-state index contributed by atoms with van der Waals surface area (Å²) in [5, 5.41) is 13.4. The largest absolute Gasteiger partial charge is 0.378 e. The number of carbonyl (C=O) groups is 4. The van der Waals surface area contributed by atoms with E-state index in [4.69, 9.17) is 4.74 Å². The Morgan fingerprint density at radius 3 is 2.63 bits per heavy atom. The number of carbonyl (C=O) groups excluding carboxylic acids is 4. The van der Waals surface area contributed by atoms with Crippen LogP contribution in [0, 0.1) is 0 Å². The van der Waals surface area contributed by atoms with Crippen molar-refractivity contribution in [2.75, 3.05) is 49.6 Å². The van der Waals surface area contributed by atoms with Crippen LogP contribution in [0.1, 0.15) is 75.7 Å². The number of halogens is 2. The summed E-state index contributed by atoms with van der Waals surface area (Å²) < 4.78 is 36.8. The molecule has 15 nitrogen and oxygen atoms in total. The second-order valence-electron chi connectivity index (χ2n) is 13.2. The number of hydrogen-bond donors (Lipinski definition) is 2. The maximum Gasteiger partial charge on any atom is 0.284 e. The number of alkyl halides is 2. The highest BCUT2D eigenvalue weighted by molar-refractivity contribution is 6.08. The van der Waals surface area contributed by atoms with E-state index in [0.29, 0.717) is 88.8 Å². The molecule has 0 saturated carbocycles. The highest BCUT2D eigenvalue weighted by Crippen LogP contribution is 2.33. The van der Waals surface area contributed by atoms with Gasteiger partial charge in [0.05, 0.1) is 31.1 Å². The number of fused-ring (bicyclic) bond motifs is 2.